The summed E-state index contributed by atoms with van der Waals surface area (Å²) in [5, 5.41) is 2.78. The van der Waals surface area contributed by atoms with Gasteiger partial charge in [-0.3, -0.25) is 4.79 Å². The van der Waals surface area contributed by atoms with Gasteiger partial charge < -0.3 is 19.5 Å². The summed E-state index contributed by atoms with van der Waals surface area (Å²) in [4.78, 5) is 12.0. The summed E-state index contributed by atoms with van der Waals surface area (Å²) in [5.74, 6) is 1.85. The summed E-state index contributed by atoms with van der Waals surface area (Å²) in [7, 11) is 4.76. The minimum atomic E-state index is -0.225. The predicted molar refractivity (Wildman–Crippen MR) is 90.2 cm³/mol. The van der Waals surface area contributed by atoms with Crippen LogP contribution in [-0.4, -0.2) is 27.2 Å². The van der Waals surface area contributed by atoms with Gasteiger partial charge in [-0.05, 0) is 48.0 Å². The minimum Gasteiger partial charge on any atom is -0.497 e. The van der Waals surface area contributed by atoms with E-state index in [1.165, 1.54) is 6.08 Å². The molecule has 0 heterocycles. The van der Waals surface area contributed by atoms with Crippen LogP contribution in [-0.2, 0) is 4.79 Å². The van der Waals surface area contributed by atoms with Gasteiger partial charge in [-0.25, -0.2) is 0 Å². The molecule has 5 nitrogen and oxygen atoms in total. The molecule has 23 heavy (non-hydrogen) atoms. The first-order valence-electron chi connectivity index (χ1n) is 7.01. The molecule has 2 rings (SSSR count). The Morgan fingerprint density at radius 2 is 1.43 bits per heavy atom. The average Bonchev–Trinajstić information content (AvgIpc) is 2.60. The summed E-state index contributed by atoms with van der Waals surface area (Å²) < 4.78 is 15.5. The van der Waals surface area contributed by atoms with Crippen LogP contribution in [0.15, 0.2) is 48.5 Å². The molecule has 2 aromatic carbocycles. The minimum absolute atomic E-state index is 0.225. The third-order valence-electron chi connectivity index (χ3n) is 3.16. The highest BCUT2D eigenvalue weighted by molar-refractivity contribution is 6.02. The van der Waals surface area contributed by atoms with E-state index in [1.54, 1.807) is 57.7 Å². The molecule has 0 bridgehead atoms. The maximum atomic E-state index is 12.0. The fraction of sp³-hybridized carbons (Fsp3) is 0.167. The number of anilines is 1. The quantitative estimate of drug-likeness (QED) is 0.831. The van der Waals surface area contributed by atoms with Gasteiger partial charge in [-0.2, -0.15) is 0 Å². The number of ether oxygens (including phenoxy) is 3. The van der Waals surface area contributed by atoms with Crippen LogP contribution in [0, 0.1) is 0 Å². The van der Waals surface area contributed by atoms with Crippen molar-refractivity contribution in [3.8, 4) is 17.2 Å². The second-order valence-electron chi connectivity index (χ2n) is 4.70. The van der Waals surface area contributed by atoms with Crippen molar-refractivity contribution in [2.24, 2.45) is 0 Å². The van der Waals surface area contributed by atoms with Crippen LogP contribution in [0.25, 0.3) is 6.08 Å². The summed E-state index contributed by atoms with van der Waals surface area (Å²) in [5.41, 5.74) is 1.51. The number of rotatable bonds is 6. The highest BCUT2D eigenvalue weighted by Crippen LogP contribution is 2.23. The lowest BCUT2D eigenvalue weighted by Crippen LogP contribution is -2.07. The van der Waals surface area contributed by atoms with Crippen LogP contribution >= 0.6 is 0 Å². The van der Waals surface area contributed by atoms with Gasteiger partial charge >= 0.3 is 0 Å². The lowest BCUT2D eigenvalue weighted by Gasteiger charge is -2.06. The van der Waals surface area contributed by atoms with Crippen molar-refractivity contribution in [3.63, 3.8) is 0 Å². The molecule has 0 aromatic heterocycles. The van der Waals surface area contributed by atoms with Crippen molar-refractivity contribution >= 4 is 17.7 Å². The fourth-order valence-corrected chi connectivity index (χ4v) is 1.96. The molecule has 0 radical (unpaired) electrons. The van der Waals surface area contributed by atoms with E-state index in [4.69, 9.17) is 14.2 Å². The molecule has 0 unspecified atom stereocenters. The van der Waals surface area contributed by atoms with Gasteiger partial charge in [-0.15, -0.1) is 0 Å². The highest BCUT2D eigenvalue weighted by Gasteiger charge is 2.01. The Kier molecular flexibility index (Phi) is 5.63. The maximum absolute atomic E-state index is 12.0. The summed E-state index contributed by atoms with van der Waals surface area (Å²) in [6.45, 7) is 0. The SMILES string of the molecule is COc1ccc(NC(=O)/C=C/c2cc(OC)cc(OC)c2)cc1. The molecule has 2 aromatic rings. The van der Waals surface area contributed by atoms with Gasteiger partial charge in [0.15, 0.2) is 0 Å². The molecule has 0 aliphatic rings. The van der Waals surface area contributed by atoms with E-state index < -0.39 is 0 Å². The van der Waals surface area contributed by atoms with E-state index in [1.807, 2.05) is 12.1 Å². The summed E-state index contributed by atoms with van der Waals surface area (Å²) >= 11 is 0. The molecule has 0 aliphatic carbocycles. The zero-order chi connectivity index (χ0) is 16.7. The Bertz CT molecular complexity index is 670. The molecule has 0 atom stereocenters. The van der Waals surface area contributed by atoms with Crippen LogP contribution in [0.5, 0.6) is 17.2 Å². The Labute approximate surface area is 135 Å². The van der Waals surface area contributed by atoms with Crippen molar-refractivity contribution in [2.75, 3.05) is 26.6 Å². The number of nitrogens with one attached hydrogen (secondary N) is 1. The fourth-order valence-electron chi connectivity index (χ4n) is 1.96. The maximum Gasteiger partial charge on any atom is 0.248 e. The summed E-state index contributed by atoms with van der Waals surface area (Å²) in [6.07, 6.45) is 3.16. The van der Waals surface area contributed by atoms with Crippen molar-refractivity contribution in [3.05, 3.63) is 54.1 Å². The monoisotopic (exact) mass is 313 g/mol. The molecule has 5 heteroatoms. The molecule has 1 N–H and O–H groups in total. The Morgan fingerprint density at radius 1 is 0.870 bits per heavy atom. The second kappa shape index (κ2) is 7.89. The zero-order valence-electron chi connectivity index (χ0n) is 13.3. The van der Waals surface area contributed by atoms with Gasteiger partial charge in [0.2, 0.25) is 5.91 Å². The van der Waals surface area contributed by atoms with Crippen molar-refractivity contribution < 1.29 is 19.0 Å². The van der Waals surface area contributed by atoms with Crippen LogP contribution in [0.4, 0.5) is 5.69 Å². The molecule has 0 aliphatic heterocycles. The molecule has 0 saturated carbocycles. The Morgan fingerprint density at radius 3 is 1.96 bits per heavy atom. The molecule has 0 saturated heterocycles. The molecular formula is C18H19NO4. The van der Waals surface area contributed by atoms with Gasteiger partial charge in [0.05, 0.1) is 21.3 Å². The van der Waals surface area contributed by atoms with Gasteiger partial charge in [0, 0.05) is 17.8 Å². The van der Waals surface area contributed by atoms with Crippen LogP contribution in [0.3, 0.4) is 0 Å². The number of methoxy groups -OCH3 is 3. The van der Waals surface area contributed by atoms with Crippen LogP contribution < -0.4 is 19.5 Å². The molecule has 0 fully saturated rings. The number of hydrogen-bond acceptors (Lipinski definition) is 4. The van der Waals surface area contributed by atoms with Crippen LogP contribution in [0.1, 0.15) is 5.56 Å². The molecule has 1 amide bonds. The molecule has 0 spiro atoms. The van der Waals surface area contributed by atoms with Gasteiger partial charge in [-0.1, -0.05) is 0 Å². The van der Waals surface area contributed by atoms with E-state index in [0.29, 0.717) is 17.2 Å². The predicted octanol–water partition coefficient (Wildman–Crippen LogP) is 3.36. The van der Waals surface area contributed by atoms with E-state index >= 15 is 0 Å². The van der Waals surface area contributed by atoms with E-state index in [9.17, 15) is 4.79 Å². The third-order valence-corrected chi connectivity index (χ3v) is 3.16. The van der Waals surface area contributed by atoms with E-state index in [2.05, 4.69) is 5.32 Å². The first kappa shape index (κ1) is 16.4. The number of carbonyl (C=O) groups is 1. The van der Waals surface area contributed by atoms with Crippen LogP contribution in [0.2, 0.25) is 0 Å². The molecule has 120 valence electrons. The van der Waals surface area contributed by atoms with Crippen molar-refractivity contribution in [1.82, 2.24) is 0 Å². The number of carbonyl (C=O) groups excluding carboxylic acids is 1. The Balaban J connectivity index is 2.05. The van der Waals surface area contributed by atoms with Gasteiger partial charge in [0.1, 0.15) is 17.2 Å². The number of benzene rings is 2. The lowest BCUT2D eigenvalue weighted by molar-refractivity contribution is -0.111. The third kappa shape index (κ3) is 4.78. The van der Waals surface area contributed by atoms with E-state index in [-0.39, 0.29) is 5.91 Å². The first-order valence-corrected chi connectivity index (χ1v) is 7.01. The smallest absolute Gasteiger partial charge is 0.248 e. The summed E-state index contributed by atoms with van der Waals surface area (Å²) in [6, 6.07) is 12.5. The van der Waals surface area contributed by atoms with Crippen molar-refractivity contribution in [1.29, 1.82) is 0 Å². The largest absolute Gasteiger partial charge is 0.497 e. The topological polar surface area (TPSA) is 56.8 Å². The average molecular weight is 313 g/mol. The lowest BCUT2D eigenvalue weighted by atomic mass is 10.2. The second-order valence-corrected chi connectivity index (χ2v) is 4.70. The van der Waals surface area contributed by atoms with Gasteiger partial charge in [0.25, 0.3) is 0 Å². The number of hydrogen-bond donors (Lipinski definition) is 1. The van der Waals surface area contributed by atoms with E-state index in [0.717, 1.165) is 11.3 Å². The highest BCUT2D eigenvalue weighted by atomic mass is 16.5. The van der Waals surface area contributed by atoms with Crippen molar-refractivity contribution in [2.45, 2.75) is 0 Å². The first-order chi connectivity index (χ1) is 11.1. The standard InChI is InChI=1S/C18H19NO4/c1-21-15-7-5-14(6-8-15)19-18(20)9-4-13-10-16(22-2)12-17(11-13)23-3/h4-12H,1-3H3,(H,19,20)/b9-4+. The number of amides is 1. The zero-order valence-corrected chi connectivity index (χ0v) is 13.3. The molecular weight excluding hydrogens is 294 g/mol. The normalized spacial score (nSPS) is 10.4. The Hall–Kier alpha value is -2.95.